The van der Waals surface area contributed by atoms with Crippen molar-refractivity contribution in [3.63, 3.8) is 0 Å². The van der Waals surface area contributed by atoms with Gasteiger partial charge in [0.15, 0.2) is 11.5 Å². The van der Waals surface area contributed by atoms with E-state index in [9.17, 15) is 9.59 Å². The maximum Gasteiger partial charge on any atom is 0.251 e. The van der Waals surface area contributed by atoms with E-state index < -0.39 is 0 Å². The van der Waals surface area contributed by atoms with E-state index in [0.29, 0.717) is 18.4 Å². The molecule has 1 unspecified atom stereocenters. The van der Waals surface area contributed by atoms with Crippen LogP contribution in [0.4, 0.5) is 0 Å². The molecule has 0 spiro atoms. The summed E-state index contributed by atoms with van der Waals surface area (Å²) in [4.78, 5) is 25.2. The summed E-state index contributed by atoms with van der Waals surface area (Å²) < 4.78 is 11.7. The van der Waals surface area contributed by atoms with Crippen LogP contribution in [-0.4, -0.2) is 43.2 Å². The number of benzene rings is 2. The molecule has 2 aromatic carbocycles. The average Bonchev–Trinajstić information content (AvgIpc) is 3.47. The van der Waals surface area contributed by atoms with E-state index in [4.69, 9.17) is 14.6 Å². The summed E-state index contributed by atoms with van der Waals surface area (Å²) in [5, 5.41) is 11.6. The molecule has 32 heavy (non-hydrogen) atoms. The number of carbonyl (C=O) groups excluding carboxylic acids is 2. The number of aliphatic hydroxyl groups is 1. The van der Waals surface area contributed by atoms with Gasteiger partial charge < -0.3 is 19.9 Å². The quantitative estimate of drug-likeness (QED) is 0.653. The van der Waals surface area contributed by atoms with Gasteiger partial charge in [-0.25, -0.2) is 0 Å². The third kappa shape index (κ3) is 4.96. The molecule has 170 valence electrons. The summed E-state index contributed by atoms with van der Waals surface area (Å²) in [5.74, 6) is 1.31. The summed E-state index contributed by atoms with van der Waals surface area (Å²) >= 11 is 0. The first-order valence-electron chi connectivity index (χ1n) is 11.5. The number of rotatable bonds is 8. The van der Waals surface area contributed by atoms with Crippen LogP contribution in [0.3, 0.4) is 0 Å². The van der Waals surface area contributed by atoms with Crippen LogP contribution in [-0.2, 0) is 4.79 Å². The summed E-state index contributed by atoms with van der Waals surface area (Å²) in [6.45, 7) is 0.0960. The summed E-state index contributed by atoms with van der Waals surface area (Å²) in [5.41, 5.74) is 2.46. The molecule has 0 saturated heterocycles. The largest absolute Gasteiger partial charge is 0.493 e. The molecule has 0 bridgehead atoms. The highest BCUT2D eigenvalue weighted by atomic mass is 16.5. The Hall–Kier alpha value is -2.86. The molecule has 2 fully saturated rings. The van der Waals surface area contributed by atoms with Gasteiger partial charge in [0.2, 0.25) is 0 Å². The van der Waals surface area contributed by atoms with Crippen LogP contribution in [0.25, 0.3) is 0 Å². The summed E-state index contributed by atoms with van der Waals surface area (Å²) in [6.07, 6.45) is 5.94. The van der Waals surface area contributed by atoms with Crippen molar-refractivity contribution in [2.75, 3.05) is 20.3 Å². The molecule has 0 heterocycles. The molecule has 2 atom stereocenters. The smallest absolute Gasteiger partial charge is 0.251 e. The fourth-order valence-corrected chi connectivity index (χ4v) is 4.85. The Bertz CT molecular complexity index is 966. The molecular formula is C26H31NO5. The lowest BCUT2D eigenvalue weighted by Crippen LogP contribution is -2.26. The van der Waals surface area contributed by atoms with Gasteiger partial charge >= 0.3 is 0 Å². The molecule has 6 heteroatoms. The minimum atomic E-state index is -0.244. The van der Waals surface area contributed by atoms with E-state index in [1.165, 1.54) is 12.8 Å². The second-order valence-corrected chi connectivity index (χ2v) is 8.70. The minimum absolute atomic E-state index is 0.108. The van der Waals surface area contributed by atoms with E-state index in [1.807, 2.05) is 30.3 Å². The van der Waals surface area contributed by atoms with Crippen LogP contribution in [0, 0.1) is 0 Å². The molecule has 2 aliphatic rings. The highest BCUT2D eigenvalue weighted by Gasteiger charge is 2.35. The number of methoxy groups -OCH3 is 1. The van der Waals surface area contributed by atoms with E-state index in [-0.39, 0.29) is 42.8 Å². The van der Waals surface area contributed by atoms with Crippen LogP contribution in [0.1, 0.15) is 71.8 Å². The number of ketones is 1. The summed E-state index contributed by atoms with van der Waals surface area (Å²) in [7, 11) is 1.65. The maximum absolute atomic E-state index is 12.9. The van der Waals surface area contributed by atoms with Crippen molar-refractivity contribution < 1.29 is 24.2 Å². The van der Waals surface area contributed by atoms with Crippen molar-refractivity contribution in [1.82, 2.24) is 5.32 Å². The van der Waals surface area contributed by atoms with Gasteiger partial charge in [-0.15, -0.1) is 0 Å². The Morgan fingerprint density at radius 1 is 1.09 bits per heavy atom. The zero-order chi connectivity index (χ0) is 22.5. The van der Waals surface area contributed by atoms with Gasteiger partial charge in [-0.1, -0.05) is 18.2 Å². The lowest BCUT2D eigenvalue weighted by Gasteiger charge is -2.18. The highest BCUT2D eigenvalue weighted by molar-refractivity contribution is 5.95. The third-order valence-electron chi connectivity index (χ3n) is 6.56. The van der Waals surface area contributed by atoms with Gasteiger partial charge in [0, 0.05) is 24.4 Å². The fraction of sp³-hybridized carbons (Fsp3) is 0.462. The normalized spacial score (nSPS) is 21.0. The first-order chi connectivity index (χ1) is 15.6. The number of hydrogen-bond acceptors (Lipinski definition) is 5. The molecule has 2 aliphatic carbocycles. The SMILES string of the molecule is COc1ccc([C@H]2CC(=O)C(c3cccc(C(=O)NCCO)c3)C2)cc1OC1CCCC1. The Balaban J connectivity index is 1.50. The van der Waals surface area contributed by atoms with Gasteiger partial charge in [0.05, 0.1) is 19.8 Å². The van der Waals surface area contributed by atoms with E-state index in [2.05, 4.69) is 5.32 Å². The number of hydrogen-bond donors (Lipinski definition) is 2. The minimum Gasteiger partial charge on any atom is -0.493 e. The van der Waals surface area contributed by atoms with Crippen LogP contribution < -0.4 is 14.8 Å². The van der Waals surface area contributed by atoms with Gasteiger partial charge in [-0.3, -0.25) is 9.59 Å². The zero-order valence-corrected chi connectivity index (χ0v) is 18.5. The van der Waals surface area contributed by atoms with Crippen LogP contribution in [0.2, 0.25) is 0 Å². The monoisotopic (exact) mass is 437 g/mol. The van der Waals surface area contributed by atoms with E-state index in [0.717, 1.165) is 35.5 Å². The zero-order valence-electron chi connectivity index (χ0n) is 18.5. The van der Waals surface area contributed by atoms with Crippen molar-refractivity contribution in [3.05, 3.63) is 59.2 Å². The van der Waals surface area contributed by atoms with Crippen molar-refractivity contribution >= 4 is 11.7 Å². The van der Waals surface area contributed by atoms with Crippen molar-refractivity contribution in [3.8, 4) is 11.5 Å². The van der Waals surface area contributed by atoms with Crippen molar-refractivity contribution in [2.45, 2.75) is 56.5 Å². The number of ether oxygens (including phenoxy) is 2. The van der Waals surface area contributed by atoms with Crippen LogP contribution >= 0.6 is 0 Å². The van der Waals surface area contributed by atoms with E-state index >= 15 is 0 Å². The first-order valence-corrected chi connectivity index (χ1v) is 11.5. The van der Waals surface area contributed by atoms with Gasteiger partial charge in [0.1, 0.15) is 5.78 Å². The predicted molar refractivity (Wildman–Crippen MR) is 121 cm³/mol. The third-order valence-corrected chi connectivity index (χ3v) is 6.56. The predicted octanol–water partition coefficient (Wildman–Crippen LogP) is 3.97. The number of amides is 1. The second-order valence-electron chi connectivity index (χ2n) is 8.70. The molecule has 2 N–H and O–H groups in total. The molecule has 2 saturated carbocycles. The van der Waals surface area contributed by atoms with Crippen molar-refractivity contribution in [2.24, 2.45) is 0 Å². The number of nitrogens with one attached hydrogen (secondary N) is 1. The highest BCUT2D eigenvalue weighted by Crippen LogP contribution is 2.43. The molecule has 2 aromatic rings. The Kier molecular flexibility index (Phi) is 7.10. The van der Waals surface area contributed by atoms with E-state index in [1.54, 1.807) is 19.2 Å². The Labute approximate surface area is 188 Å². The van der Waals surface area contributed by atoms with Gasteiger partial charge in [-0.05, 0) is 73.4 Å². The Morgan fingerprint density at radius 2 is 1.91 bits per heavy atom. The first kappa shape index (κ1) is 22.3. The number of aliphatic hydroxyl groups excluding tert-OH is 1. The Morgan fingerprint density at radius 3 is 2.66 bits per heavy atom. The molecule has 0 aliphatic heterocycles. The number of Topliss-reactive ketones (excluding diaryl/α,β-unsaturated/α-hetero) is 1. The molecule has 6 nitrogen and oxygen atoms in total. The lowest BCUT2D eigenvalue weighted by atomic mass is 9.92. The molecule has 4 rings (SSSR count). The maximum atomic E-state index is 12.9. The molecular weight excluding hydrogens is 406 g/mol. The van der Waals surface area contributed by atoms with Gasteiger partial charge in [0.25, 0.3) is 5.91 Å². The average molecular weight is 438 g/mol. The second kappa shape index (κ2) is 10.2. The van der Waals surface area contributed by atoms with Crippen LogP contribution in [0.15, 0.2) is 42.5 Å². The van der Waals surface area contributed by atoms with Crippen molar-refractivity contribution in [1.29, 1.82) is 0 Å². The standard InChI is InChI=1S/C26H31NO5/c1-31-24-10-9-17(16-25(24)32-21-7-2-3-8-21)20-14-22(23(29)15-20)18-5-4-6-19(13-18)26(30)27-11-12-28/h4-6,9-10,13,16,20-22,28H,2-3,7-8,11-12,14-15H2,1H3,(H,27,30)/t20-,22?/m1/s1. The topological polar surface area (TPSA) is 84.9 Å². The van der Waals surface area contributed by atoms with Gasteiger partial charge in [-0.2, -0.15) is 0 Å². The molecule has 0 radical (unpaired) electrons. The molecule has 1 amide bonds. The summed E-state index contributed by atoms with van der Waals surface area (Å²) in [6, 6.07) is 13.2. The molecule has 0 aromatic heterocycles. The fourth-order valence-electron chi connectivity index (χ4n) is 4.85. The van der Waals surface area contributed by atoms with Crippen LogP contribution in [0.5, 0.6) is 11.5 Å². The number of carbonyl (C=O) groups is 2. The lowest BCUT2D eigenvalue weighted by molar-refractivity contribution is -0.118.